The van der Waals surface area contributed by atoms with Gasteiger partial charge in [-0.15, -0.1) is 0 Å². The van der Waals surface area contributed by atoms with Crippen LogP contribution in [0.4, 0.5) is 0 Å². The molecular weight excluding hydrogens is 435 g/mol. The van der Waals surface area contributed by atoms with Gasteiger partial charge in [-0.3, -0.25) is 4.79 Å². The van der Waals surface area contributed by atoms with Crippen molar-refractivity contribution in [2.75, 3.05) is 0 Å². The van der Waals surface area contributed by atoms with Gasteiger partial charge in [-0.1, -0.05) is 29.3 Å². The molecule has 1 heterocycles. The first-order valence-electron chi connectivity index (χ1n) is 8.37. The highest BCUT2D eigenvalue weighted by Gasteiger charge is 2.27. The van der Waals surface area contributed by atoms with E-state index in [1.165, 1.54) is 36.4 Å². The molecule has 2 aromatic rings. The Balaban J connectivity index is 2.33. The molecule has 0 saturated carbocycles. The predicted molar refractivity (Wildman–Crippen MR) is 110 cm³/mol. The van der Waals surface area contributed by atoms with Crippen molar-refractivity contribution in [2.24, 2.45) is 0 Å². The number of halogens is 2. The van der Waals surface area contributed by atoms with Crippen molar-refractivity contribution in [3.05, 3.63) is 73.9 Å². The van der Waals surface area contributed by atoms with Crippen LogP contribution in [-0.4, -0.2) is 27.3 Å². The molecule has 9 heteroatoms. The van der Waals surface area contributed by atoms with Crippen molar-refractivity contribution in [3.8, 4) is 28.2 Å². The summed E-state index contributed by atoms with van der Waals surface area (Å²) in [7, 11) is 0. The molecule has 2 aromatic carbocycles. The van der Waals surface area contributed by atoms with E-state index in [9.17, 15) is 29.7 Å². The lowest BCUT2D eigenvalue weighted by Crippen LogP contribution is -2.09. The fourth-order valence-corrected chi connectivity index (χ4v) is 3.68. The molecule has 7 nitrogen and oxygen atoms in total. The molecule has 4 rings (SSSR count). The molecule has 2 aliphatic rings. The quantitative estimate of drug-likeness (QED) is 0.380. The van der Waals surface area contributed by atoms with E-state index in [1.54, 1.807) is 0 Å². The first-order chi connectivity index (χ1) is 14.2. The Morgan fingerprint density at radius 1 is 0.867 bits per heavy atom. The minimum absolute atomic E-state index is 0.0325. The molecule has 1 aliphatic carbocycles. The molecule has 3 N–H and O–H groups in total. The summed E-state index contributed by atoms with van der Waals surface area (Å²) >= 11 is 12.1. The van der Waals surface area contributed by atoms with Crippen LogP contribution in [0.1, 0.15) is 20.7 Å². The molecule has 0 atom stereocenters. The number of carbonyl (C=O) groups is 2. The maximum Gasteiger partial charge on any atom is 0.336 e. The normalized spacial score (nSPS) is 11.1. The molecule has 1 aliphatic heterocycles. The van der Waals surface area contributed by atoms with E-state index in [1.807, 2.05) is 0 Å². The molecule has 0 aromatic heterocycles. The zero-order valence-corrected chi connectivity index (χ0v) is 16.3. The summed E-state index contributed by atoms with van der Waals surface area (Å²) < 4.78 is 5.71. The lowest BCUT2D eigenvalue weighted by atomic mass is 9.87. The summed E-state index contributed by atoms with van der Waals surface area (Å²) in [5, 5.41) is 29.4. The average Bonchev–Trinajstić information content (AvgIpc) is 2.68. The highest BCUT2D eigenvalue weighted by Crippen LogP contribution is 2.45. The van der Waals surface area contributed by atoms with E-state index in [0.29, 0.717) is 0 Å². The summed E-state index contributed by atoms with van der Waals surface area (Å²) in [6.45, 7) is 0. The molecule has 0 spiro atoms. The third-order valence-electron chi connectivity index (χ3n) is 4.62. The molecule has 0 unspecified atom stereocenters. The lowest BCUT2D eigenvalue weighted by Gasteiger charge is -2.19. The number of rotatable bonds is 3. The Hall–Kier alpha value is -3.55. The molecule has 0 amide bonds. The fraction of sp³-hybridized carbons (Fsp3) is 0. The maximum absolute atomic E-state index is 12.0. The summed E-state index contributed by atoms with van der Waals surface area (Å²) in [6, 6.07) is 8.75. The molecular formula is C21H10Cl2O7. The number of hydrogen-bond acceptors (Lipinski definition) is 5. The second-order valence-corrected chi connectivity index (χ2v) is 7.21. The summed E-state index contributed by atoms with van der Waals surface area (Å²) in [5.74, 6) is -2.98. The van der Waals surface area contributed by atoms with Crippen LogP contribution in [0.15, 0.2) is 51.7 Å². The van der Waals surface area contributed by atoms with Crippen molar-refractivity contribution in [3.63, 3.8) is 0 Å². The number of aromatic carboxylic acids is 2. The molecule has 0 fully saturated rings. The van der Waals surface area contributed by atoms with Crippen LogP contribution in [0, 0.1) is 0 Å². The SMILES string of the molecule is O=C(O)c1cccc(C(=O)O)c1-c1c2cc(Cl)c(=O)cc-2oc2cc(O)c(Cl)cc12. The first-order valence-corrected chi connectivity index (χ1v) is 9.13. The van der Waals surface area contributed by atoms with Gasteiger partial charge < -0.3 is 19.7 Å². The van der Waals surface area contributed by atoms with Crippen LogP contribution in [0.2, 0.25) is 10.0 Å². The molecule has 150 valence electrons. The Kier molecular flexibility index (Phi) is 4.64. The van der Waals surface area contributed by atoms with Crippen LogP contribution in [0.3, 0.4) is 0 Å². The van der Waals surface area contributed by atoms with Crippen LogP contribution < -0.4 is 5.43 Å². The van der Waals surface area contributed by atoms with E-state index >= 15 is 0 Å². The number of aromatic hydroxyl groups is 1. The second-order valence-electron chi connectivity index (χ2n) is 6.39. The highest BCUT2D eigenvalue weighted by molar-refractivity contribution is 6.33. The Bertz CT molecular complexity index is 1370. The van der Waals surface area contributed by atoms with Crippen LogP contribution in [-0.2, 0) is 0 Å². The standard InChI is InChI=1S/C21H10Cl2O7/c22-12-4-10-16(6-14(12)24)30-17-7-15(25)13(23)5-11(17)19(10)18-8(20(26)27)2-1-3-9(18)21(28)29/h1-7,24H,(H,26,27)(H,28,29). The molecule has 0 radical (unpaired) electrons. The van der Waals surface area contributed by atoms with Crippen molar-refractivity contribution in [2.45, 2.75) is 0 Å². The summed E-state index contributed by atoms with van der Waals surface area (Å²) in [6.07, 6.45) is 0. The third-order valence-corrected chi connectivity index (χ3v) is 5.22. The Morgan fingerprint density at radius 2 is 1.50 bits per heavy atom. The van der Waals surface area contributed by atoms with Gasteiger partial charge >= 0.3 is 11.9 Å². The van der Waals surface area contributed by atoms with Gasteiger partial charge in [0.1, 0.15) is 17.1 Å². The van der Waals surface area contributed by atoms with E-state index in [0.717, 1.165) is 6.07 Å². The van der Waals surface area contributed by atoms with Crippen molar-refractivity contribution >= 4 is 46.1 Å². The number of carboxylic acids is 2. The topological polar surface area (TPSA) is 125 Å². The smallest absolute Gasteiger partial charge is 0.336 e. The van der Waals surface area contributed by atoms with Crippen molar-refractivity contribution in [1.82, 2.24) is 0 Å². The van der Waals surface area contributed by atoms with Gasteiger partial charge in [0.15, 0.2) is 0 Å². The zero-order chi connectivity index (χ0) is 21.7. The number of phenols is 1. The predicted octanol–water partition coefficient (Wildman–Crippen LogP) is 4.97. The molecule has 0 saturated heterocycles. The van der Waals surface area contributed by atoms with Gasteiger partial charge in [-0.05, 0) is 24.3 Å². The Morgan fingerprint density at radius 3 is 2.10 bits per heavy atom. The van der Waals surface area contributed by atoms with Crippen LogP contribution in [0.5, 0.6) is 5.75 Å². The maximum atomic E-state index is 12.0. The lowest BCUT2D eigenvalue weighted by molar-refractivity contribution is 0.0696. The number of phenolic OH excluding ortho intramolecular Hbond substituents is 1. The monoisotopic (exact) mass is 444 g/mol. The number of benzene rings is 3. The number of fused-ring (bicyclic) bond motifs is 2. The van der Waals surface area contributed by atoms with Gasteiger partial charge in [0.05, 0.1) is 21.2 Å². The minimum atomic E-state index is -1.35. The number of hydrogen-bond donors (Lipinski definition) is 3. The van der Waals surface area contributed by atoms with Crippen LogP contribution >= 0.6 is 23.2 Å². The summed E-state index contributed by atoms with van der Waals surface area (Å²) in [5.41, 5.74) is -0.792. The molecule has 0 bridgehead atoms. The van der Waals surface area contributed by atoms with E-state index in [-0.39, 0.29) is 60.3 Å². The minimum Gasteiger partial charge on any atom is -0.506 e. The number of carboxylic acid groups (broad SMARTS) is 2. The van der Waals surface area contributed by atoms with Gasteiger partial charge in [0.25, 0.3) is 0 Å². The van der Waals surface area contributed by atoms with Crippen LogP contribution in [0.25, 0.3) is 33.4 Å². The molecule has 30 heavy (non-hydrogen) atoms. The average molecular weight is 445 g/mol. The van der Waals surface area contributed by atoms with E-state index < -0.39 is 17.4 Å². The Labute approximate surface area is 177 Å². The van der Waals surface area contributed by atoms with Gasteiger partial charge in [-0.2, -0.15) is 0 Å². The van der Waals surface area contributed by atoms with Crippen molar-refractivity contribution < 1.29 is 29.3 Å². The van der Waals surface area contributed by atoms with Gasteiger partial charge in [0, 0.05) is 34.2 Å². The largest absolute Gasteiger partial charge is 0.506 e. The van der Waals surface area contributed by atoms with Gasteiger partial charge in [-0.25, -0.2) is 9.59 Å². The highest BCUT2D eigenvalue weighted by atomic mass is 35.5. The van der Waals surface area contributed by atoms with Gasteiger partial charge in [0.2, 0.25) is 5.43 Å². The zero-order valence-electron chi connectivity index (χ0n) is 14.8. The second kappa shape index (κ2) is 7.05. The van der Waals surface area contributed by atoms with E-state index in [2.05, 4.69) is 0 Å². The first kappa shape index (κ1) is 19.8. The fourth-order valence-electron chi connectivity index (χ4n) is 3.35. The summed E-state index contributed by atoms with van der Waals surface area (Å²) in [4.78, 5) is 35.9. The van der Waals surface area contributed by atoms with Crippen molar-refractivity contribution in [1.29, 1.82) is 0 Å². The van der Waals surface area contributed by atoms with E-state index in [4.69, 9.17) is 27.6 Å². The third kappa shape index (κ3) is 3.04.